The first kappa shape index (κ1) is 72.5. The molecule has 0 aromatic rings. The zero-order chi connectivity index (χ0) is 55.7. The van der Waals surface area contributed by atoms with Crippen LogP contribution in [0.25, 0.3) is 0 Å². The maximum Gasteiger partial charge on any atom is 0.306 e. The third-order valence-corrected chi connectivity index (χ3v) is 13.1. The summed E-state index contributed by atoms with van der Waals surface area (Å²) in [6.07, 6.45) is 90.2. The highest BCUT2D eigenvalue weighted by Crippen LogP contribution is 2.15. The minimum Gasteiger partial charge on any atom is -0.462 e. The van der Waals surface area contributed by atoms with E-state index in [-0.39, 0.29) is 31.1 Å². The van der Waals surface area contributed by atoms with Gasteiger partial charge in [-0.25, -0.2) is 0 Å². The molecule has 0 saturated carbocycles. The first-order chi connectivity index (χ1) is 38.0. The molecule has 0 spiro atoms. The molecular formula is C71H116O6. The number of allylic oxidation sites excluding steroid dienone is 22. The van der Waals surface area contributed by atoms with E-state index >= 15 is 0 Å². The molecule has 0 saturated heterocycles. The molecule has 0 N–H and O–H groups in total. The Balaban J connectivity index is 4.45. The molecule has 0 rings (SSSR count). The summed E-state index contributed by atoms with van der Waals surface area (Å²) in [6, 6.07) is 0. The molecule has 0 radical (unpaired) electrons. The quantitative estimate of drug-likeness (QED) is 0.0261. The summed E-state index contributed by atoms with van der Waals surface area (Å²) in [5.41, 5.74) is 0. The standard InChI is InChI=1S/C71H116O6/c1-4-7-10-13-16-19-22-25-28-30-32-34-35-37-38-40-43-46-49-52-55-58-61-64-70(73)76-67-68(66-75-69(72)63-60-57-54-51-48-45-42-27-24-21-18-15-12-9-6-3)77-71(74)65-62-59-56-53-50-47-44-41-39-36-33-31-29-26-23-20-17-14-11-8-5-2/h7,9-10,12,16,18-19,21,23,25-28,31-34,37-38,42,48,51,68H,4-6,8,11,13-15,17,20,22,24,29-30,35-36,39-41,43-47,49-50,52-67H2,1-3H3/b10-7-,12-9-,19-16-,21-18-,26-23-,28-25-,33-31-,34-32-,38-37-,42-27-,51-48-. The van der Waals surface area contributed by atoms with E-state index in [2.05, 4.69) is 154 Å². The predicted molar refractivity (Wildman–Crippen MR) is 334 cm³/mol. The Hall–Kier alpha value is -4.45. The smallest absolute Gasteiger partial charge is 0.306 e. The fraction of sp³-hybridized carbons (Fsp3) is 0.648. The van der Waals surface area contributed by atoms with Crippen molar-refractivity contribution >= 4 is 17.9 Å². The normalized spacial score (nSPS) is 13.0. The third-order valence-electron chi connectivity index (χ3n) is 13.1. The van der Waals surface area contributed by atoms with Crippen molar-refractivity contribution in [2.24, 2.45) is 0 Å². The lowest BCUT2D eigenvalue weighted by molar-refractivity contribution is -0.167. The number of ether oxygens (including phenoxy) is 3. The fourth-order valence-corrected chi connectivity index (χ4v) is 8.43. The number of hydrogen-bond donors (Lipinski definition) is 0. The Kier molecular flexibility index (Phi) is 60.4. The predicted octanol–water partition coefficient (Wildman–Crippen LogP) is 21.8. The van der Waals surface area contributed by atoms with Crippen molar-refractivity contribution in [3.8, 4) is 0 Å². The molecule has 77 heavy (non-hydrogen) atoms. The molecule has 0 bridgehead atoms. The van der Waals surface area contributed by atoms with Crippen LogP contribution in [0.3, 0.4) is 0 Å². The largest absolute Gasteiger partial charge is 0.462 e. The van der Waals surface area contributed by atoms with Gasteiger partial charge >= 0.3 is 17.9 Å². The Bertz CT molecular complexity index is 1650. The molecule has 0 aliphatic rings. The Morgan fingerprint density at radius 1 is 0.273 bits per heavy atom. The number of esters is 3. The van der Waals surface area contributed by atoms with Crippen molar-refractivity contribution < 1.29 is 28.6 Å². The van der Waals surface area contributed by atoms with Gasteiger partial charge in [0.2, 0.25) is 0 Å². The molecule has 0 aromatic heterocycles. The van der Waals surface area contributed by atoms with Gasteiger partial charge in [-0.15, -0.1) is 0 Å². The summed E-state index contributed by atoms with van der Waals surface area (Å²) < 4.78 is 16.9. The summed E-state index contributed by atoms with van der Waals surface area (Å²) in [5, 5.41) is 0. The van der Waals surface area contributed by atoms with Crippen LogP contribution in [0.1, 0.15) is 278 Å². The van der Waals surface area contributed by atoms with E-state index in [0.717, 1.165) is 128 Å². The Labute approximate surface area is 475 Å². The summed E-state index contributed by atoms with van der Waals surface area (Å²) in [6.45, 7) is 6.36. The van der Waals surface area contributed by atoms with Crippen molar-refractivity contribution in [1.29, 1.82) is 0 Å². The van der Waals surface area contributed by atoms with E-state index in [1.165, 1.54) is 109 Å². The topological polar surface area (TPSA) is 78.9 Å². The summed E-state index contributed by atoms with van der Waals surface area (Å²) in [7, 11) is 0. The highest BCUT2D eigenvalue weighted by molar-refractivity contribution is 5.71. The maximum absolute atomic E-state index is 12.9. The molecule has 0 heterocycles. The van der Waals surface area contributed by atoms with Gasteiger partial charge in [0, 0.05) is 19.3 Å². The van der Waals surface area contributed by atoms with Crippen LogP contribution >= 0.6 is 0 Å². The van der Waals surface area contributed by atoms with Gasteiger partial charge in [-0.3, -0.25) is 14.4 Å². The molecule has 0 aliphatic carbocycles. The zero-order valence-electron chi connectivity index (χ0n) is 49.9. The number of carbonyl (C=O) groups is 3. The molecule has 1 unspecified atom stereocenters. The first-order valence-corrected chi connectivity index (χ1v) is 31.7. The second kappa shape index (κ2) is 64.1. The molecule has 0 fully saturated rings. The Morgan fingerprint density at radius 3 is 0.818 bits per heavy atom. The van der Waals surface area contributed by atoms with Crippen LogP contribution in [0, 0.1) is 0 Å². The van der Waals surface area contributed by atoms with E-state index in [0.29, 0.717) is 19.3 Å². The van der Waals surface area contributed by atoms with Crippen LogP contribution in [0.2, 0.25) is 0 Å². The highest BCUT2D eigenvalue weighted by Gasteiger charge is 2.19. The van der Waals surface area contributed by atoms with Gasteiger partial charge < -0.3 is 14.2 Å². The monoisotopic (exact) mass is 1060 g/mol. The van der Waals surface area contributed by atoms with Crippen molar-refractivity contribution in [1.82, 2.24) is 0 Å². The van der Waals surface area contributed by atoms with Gasteiger partial charge in [-0.2, -0.15) is 0 Å². The SMILES string of the molecule is CC/C=C\C/C=C\C/C=C\C/C=C\C/C=C\CCCCCCCCCC(=O)OCC(COC(=O)CCCC/C=C\C/C=C\C/C=C\C/C=C\CC)OC(=O)CCCCCCCCCCC/C=C\C/C=C\CCCCCCC. The lowest BCUT2D eigenvalue weighted by atomic mass is 10.1. The zero-order valence-corrected chi connectivity index (χ0v) is 49.9. The van der Waals surface area contributed by atoms with Gasteiger partial charge in [0.1, 0.15) is 13.2 Å². The average molecular weight is 1070 g/mol. The molecule has 6 nitrogen and oxygen atoms in total. The van der Waals surface area contributed by atoms with Crippen LogP contribution in [0.4, 0.5) is 0 Å². The van der Waals surface area contributed by atoms with E-state index in [1.54, 1.807) is 0 Å². The molecule has 6 heteroatoms. The van der Waals surface area contributed by atoms with Crippen LogP contribution in [-0.2, 0) is 28.6 Å². The summed E-state index contributed by atoms with van der Waals surface area (Å²) >= 11 is 0. The van der Waals surface area contributed by atoms with Crippen molar-refractivity contribution in [3.63, 3.8) is 0 Å². The summed E-state index contributed by atoms with van der Waals surface area (Å²) in [5.74, 6) is -0.958. The highest BCUT2D eigenvalue weighted by atomic mass is 16.6. The summed E-state index contributed by atoms with van der Waals surface area (Å²) in [4.78, 5) is 38.3. The van der Waals surface area contributed by atoms with E-state index in [9.17, 15) is 14.4 Å². The van der Waals surface area contributed by atoms with Crippen molar-refractivity contribution in [3.05, 3.63) is 134 Å². The number of unbranched alkanes of at least 4 members (excludes halogenated alkanes) is 23. The molecule has 0 aliphatic heterocycles. The van der Waals surface area contributed by atoms with Crippen LogP contribution in [0.5, 0.6) is 0 Å². The molecule has 0 aromatic carbocycles. The number of carbonyl (C=O) groups excluding carboxylic acids is 3. The minimum atomic E-state index is -0.809. The lowest BCUT2D eigenvalue weighted by Crippen LogP contribution is -2.30. The van der Waals surface area contributed by atoms with Crippen molar-refractivity contribution in [2.75, 3.05) is 13.2 Å². The molecule has 0 amide bonds. The van der Waals surface area contributed by atoms with E-state index in [4.69, 9.17) is 14.2 Å². The number of rotatable bonds is 56. The van der Waals surface area contributed by atoms with Crippen LogP contribution in [-0.4, -0.2) is 37.2 Å². The van der Waals surface area contributed by atoms with Crippen molar-refractivity contribution in [2.45, 2.75) is 284 Å². The second-order valence-electron chi connectivity index (χ2n) is 20.5. The van der Waals surface area contributed by atoms with Gasteiger partial charge in [-0.05, 0) is 135 Å². The van der Waals surface area contributed by atoms with E-state index < -0.39 is 6.10 Å². The van der Waals surface area contributed by atoms with Gasteiger partial charge in [0.25, 0.3) is 0 Å². The van der Waals surface area contributed by atoms with E-state index in [1.807, 2.05) is 0 Å². The lowest BCUT2D eigenvalue weighted by Gasteiger charge is -2.18. The van der Waals surface area contributed by atoms with Crippen LogP contribution < -0.4 is 0 Å². The van der Waals surface area contributed by atoms with Gasteiger partial charge in [-0.1, -0.05) is 257 Å². The maximum atomic E-state index is 12.9. The Morgan fingerprint density at radius 2 is 0.506 bits per heavy atom. The molecule has 436 valence electrons. The second-order valence-corrected chi connectivity index (χ2v) is 20.5. The van der Waals surface area contributed by atoms with Gasteiger partial charge in [0.15, 0.2) is 6.10 Å². The minimum absolute atomic E-state index is 0.103. The van der Waals surface area contributed by atoms with Crippen LogP contribution in [0.15, 0.2) is 134 Å². The first-order valence-electron chi connectivity index (χ1n) is 31.7. The number of hydrogen-bond acceptors (Lipinski definition) is 6. The average Bonchev–Trinajstić information content (AvgIpc) is 3.43. The third kappa shape index (κ3) is 62.3. The fourth-order valence-electron chi connectivity index (χ4n) is 8.43. The molecule has 1 atom stereocenters. The van der Waals surface area contributed by atoms with Gasteiger partial charge in [0.05, 0.1) is 0 Å². The molecular weight excluding hydrogens is 949 g/mol.